The van der Waals surface area contributed by atoms with Gasteiger partial charge in [-0.15, -0.1) is 0 Å². The average Bonchev–Trinajstić information content (AvgIpc) is 3.15. The van der Waals surface area contributed by atoms with Crippen LogP contribution in [0, 0.1) is 0 Å². The second kappa shape index (κ2) is 7.70. The van der Waals surface area contributed by atoms with E-state index in [-0.39, 0.29) is 6.54 Å². The highest BCUT2D eigenvalue weighted by atomic mass is 32.2. The first kappa shape index (κ1) is 18.0. The van der Waals surface area contributed by atoms with Crippen LogP contribution < -0.4 is 4.31 Å². The molecule has 0 amide bonds. The van der Waals surface area contributed by atoms with E-state index in [0.29, 0.717) is 5.69 Å². The van der Waals surface area contributed by atoms with Crippen molar-refractivity contribution in [1.82, 2.24) is 9.38 Å². The Kier molecular flexibility index (Phi) is 4.95. The topological polar surface area (TPSA) is 54.7 Å². The lowest BCUT2D eigenvalue weighted by Gasteiger charge is -2.22. The molecular weight excluding hydrogens is 370 g/mol. The third-order valence-electron chi connectivity index (χ3n) is 4.38. The van der Waals surface area contributed by atoms with Crippen LogP contribution in [0.25, 0.3) is 11.7 Å². The fraction of sp³-hybridized carbons (Fsp3) is 0.0455. The van der Waals surface area contributed by atoms with Gasteiger partial charge in [-0.1, -0.05) is 54.6 Å². The van der Waals surface area contributed by atoms with Crippen molar-refractivity contribution < 1.29 is 8.42 Å². The van der Waals surface area contributed by atoms with E-state index in [4.69, 9.17) is 0 Å². The van der Waals surface area contributed by atoms with Crippen LogP contribution >= 0.6 is 0 Å². The van der Waals surface area contributed by atoms with E-state index >= 15 is 0 Å². The van der Waals surface area contributed by atoms with Gasteiger partial charge >= 0.3 is 0 Å². The Hall–Kier alpha value is -3.38. The second-order valence-electron chi connectivity index (χ2n) is 6.28. The molecular formula is C22H19N3O2S. The number of imidazole rings is 1. The summed E-state index contributed by atoms with van der Waals surface area (Å²) in [6.07, 6.45) is 5.20. The van der Waals surface area contributed by atoms with Crippen molar-refractivity contribution in [3.63, 3.8) is 0 Å². The molecule has 0 saturated heterocycles. The molecule has 28 heavy (non-hydrogen) atoms. The SMILES string of the molecule is O=S(=O)(/C=C/c1ccccc1)N(Cc1cnc2ccccn12)c1ccccc1. The highest BCUT2D eigenvalue weighted by Gasteiger charge is 2.21. The molecule has 0 N–H and O–H groups in total. The first-order chi connectivity index (χ1) is 13.6. The maximum atomic E-state index is 13.2. The van der Waals surface area contributed by atoms with Gasteiger partial charge in [0.25, 0.3) is 10.0 Å². The van der Waals surface area contributed by atoms with Gasteiger partial charge in [0.05, 0.1) is 29.5 Å². The Bertz CT molecular complexity index is 1200. The summed E-state index contributed by atoms with van der Waals surface area (Å²) in [5.41, 5.74) is 3.00. The summed E-state index contributed by atoms with van der Waals surface area (Å²) in [4.78, 5) is 4.36. The van der Waals surface area contributed by atoms with Crippen molar-refractivity contribution >= 4 is 27.4 Å². The van der Waals surface area contributed by atoms with Crippen molar-refractivity contribution in [2.75, 3.05) is 4.31 Å². The van der Waals surface area contributed by atoms with Crippen molar-refractivity contribution in [1.29, 1.82) is 0 Å². The Labute approximate surface area is 164 Å². The smallest absolute Gasteiger partial charge is 0.257 e. The van der Waals surface area contributed by atoms with Gasteiger partial charge in [0, 0.05) is 6.20 Å². The van der Waals surface area contributed by atoms with Gasteiger partial charge in [0.2, 0.25) is 0 Å². The number of sulfonamides is 1. The number of pyridine rings is 1. The maximum absolute atomic E-state index is 13.2. The second-order valence-corrected chi connectivity index (χ2v) is 8.02. The normalized spacial score (nSPS) is 11.9. The molecule has 0 aliphatic carbocycles. The molecule has 0 saturated carbocycles. The number of benzene rings is 2. The molecule has 0 radical (unpaired) electrons. The van der Waals surface area contributed by atoms with Crippen LogP contribution in [0.1, 0.15) is 11.3 Å². The van der Waals surface area contributed by atoms with Crippen LogP contribution in [0.4, 0.5) is 5.69 Å². The number of para-hydroxylation sites is 1. The van der Waals surface area contributed by atoms with Gasteiger partial charge < -0.3 is 4.40 Å². The molecule has 0 fully saturated rings. The van der Waals surface area contributed by atoms with Gasteiger partial charge in [-0.3, -0.25) is 4.31 Å². The van der Waals surface area contributed by atoms with Crippen molar-refractivity contribution in [3.8, 4) is 0 Å². The fourth-order valence-corrected chi connectivity index (χ4v) is 4.18. The standard InChI is InChI=1S/C22H19N3O2S/c26-28(27,16-14-19-9-3-1-4-10-19)25(20-11-5-2-6-12-20)18-21-17-23-22-13-7-8-15-24(21)22/h1-17H,18H2/b16-14+. The molecule has 0 spiro atoms. The number of anilines is 1. The molecule has 0 atom stereocenters. The first-order valence-corrected chi connectivity index (χ1v) is 10.4. The molecule has 5 nitrogen and oxygen atoms in total. The zero-order valence-corrected chi connectivity index (χ0v) is 15.9. The lowest BCUT2D eigenvalue weighted by molar-refractivity contribution is 0.598. The van der Waals surface area contributed by atoms with E-state index in [0.717, 1.165) is 16.9 Å². The van der Waals surface area contributed by atoms with Gasteiger partial charge in [-0.2, -0.15) is 0 Å². The summed E-state index contributed by atoms with van der Waals surface area (Å²) in [5.74, 6) is 0. The summed E-state index contributed by atoms with van der Waals surface area (Å²) in [6, 6.07) is 24.2. The monoisotopic (exact) mass is 389 g/mol. The third kappa shape index (κ3) is 3.82. The number of rotatable bonds is 6. The van der Waals surface area contributed by atoms with E-state index in [1.807, 2.05) is 77.3 Å². The molecule has 2 heterocycles. The molecule has 2 aromatic carbocycles. The van der Waals surface area contributed by atoms with Gasteiger partial charge in [0.15, 0.2) is 0 Å². The summed E-state index contributed by atoms with van der Waals surface area (Å²) >= 11 is 0. The average molecular weight is 389 g/mol. The molecule has 0 aliphatic heterocycles. The highest BCUT2D eigenvalue weighted by molar-refractivity contribution is 7.95. The van der Waals surface area contributed by atoms with Crippen LogP contribution in [0.5, 0.6) is 0 Å². The summed E-state index contributed by atoms with van der Waals surface area (Å²) in [6.45, 7) is 0.177. The number of nitrogens with zero attached hydrogens (tertiary/aromatic N) is 3. The van der Waals surface area contributed by atoms with Crippen molar-refractivity contribution in [3.05, 3.63) is 108 Å². The fourth-order valence-electron chi connectivity index (χ4n) is 2.97. The van der Waals surface area contributed by atoms with Gasteiger partial charge in [-0.05, 0) is 35.9 Å². The Balaban J connectivity index is 1.72. The molecule has 6 heteroatoms. The minimum absolute atomic E-state index is 0.177. The molecule has 0 aliphatic rings. The molecule has 0 bridgehead atoms. The minimum atomic E-state index is -3.71. The minimum Gasteiger partial charge on any atom is -0.302 e. The lowest BCUT2D eigenvalue weighted by Crippen LogP contribution is -2.29. The summed E-state index contributed by atoms with van der Waals surface area (Å²) in [5, 5.41) is 1.25. The number of aromatic nitrogens is 2. The van der Waals surface area contributed by atoms with E-state index in [1.54, 1.807) is 24.4 Å². The van der Waals surface area contributed by atoms with Gasteiger partial charge in [-0.25, -0.2) is 13.4 Å². The van der Waals surface area contributed by atoms with Gasteiger partial charge in [0.1, 0.15) is 5.65 Å². The van der Waals surface area contributed by atoms with E-state index in [1.165, 1.54) is 9.71 Å². The zero-order valence-electron chi connectivity index (χ0n) is 15.1. The lowest BCUT2D eigenvalue weighted by atomic mass is 10.2. The highest BCUT2D eigenvalue weighted by Crippen LogP contribution is 2.23. The van der Waals surface area contributed by atoms with Crippen LogP contribution in [-0.2, 0) is 16.6 Å². The molecule has 140 valence electrons. The number of hydrogen-bond donors (Lipinski definition) is 0. The predicted molar refractivity (Wildman–Crippen MR) is 112 cm³/mol. The molecule has 4 aromatic rings. The Morgan fingerprint density at radius 3 is 2.32 bits per heavy atom. The summed E-state index contributed by atoms with van der Waals surface area (Å²) in [7, 11) is -3.71. The Morgan fingerprint density at radius 2 is 1.57 bits per heavy atom. The quantitative estimate of drug-likeness (QED) is 0.493. The number of fused-ring (bicyclic) bond motifs is 1. The molecule has 2 aromatic heterocycles. The first-order valence-electron chi connectivity index (χ1n) is 8.85. The third-order valence-corrected chi connectivity index (χ3v) is 5.82. The van der Waals surface area contributed by atoms with E-state index in [2.05, 4.69) is 4.98 Å². The maximum Gasteiger partial charge on any atom is 0.257 e. The van der Waals surface area contributed by atoms with Crippen LogP contribution in [0.2, 0.25) is 0 Å². The van der Waals surface area contributed by atoms with Crippen molar-refractivity contribution in [2.24, 2.45) is 0 Å². The van der Waals surface area contributed by atoms with E-state index in [9.17, 15) is 8.42 Å². The van der Waals surface area contributed by atoms with Crippen LogP contribution in [-0.4, -0.2) is 17.8 Å². The molecule has 0 unspecified atom stereocenters. The number of hydrogen-bond acceptors (Lipinski definition) is 3. The van der Waals surface area contributed by atoms with Crippen molar-refractivity contribution in [2.45, 2.75) is 6.54 Å². The van der Waals surface area contributed by atoms with E-state index < -0.39 is 10.0 Å². The van der Waals surface area contributed by atoms with Crippen LogP contribution in [0.15, 0.2) is 96.7 Å². The molecule has 4 rings (SSSR count). The van der Waals surface area contributed by atoms with Crippen LogP contribution in [0.3, 0.4) is 0 Å². The predicted octanol–water partition coefficient (Wildman–Crippen LogP) is 4.34. The summed E-state index contributed by atoms with van der Waals surface area (Å²) < 4.78 is 29.6. The Morgan fingerprint density at radius 1 is 0.893 bits per heavy atom. The zero-order chi connectivity index (χ0) is 19.4. The largest absolute Gasteiger partial charge is 0.302 e.